The number of sulfonamides is 1. The number of carbonyl (C=O) groups is 1. The Balaban J connectivity index is 1.70. The number of hydrogen-bond donors (Lipinski definition) is 2. The minimum absolute atomic E-state index is 0.0457. The number of nitrogens with zero attached hydrogens (tertiary/aromatic N) is 1. The summed E-state index contributed by atoms with van der Waals surface area (Å²) in [5, 5.41) is 2.64. The van der Waals surface area contributed by atoms with Gasteiger partial charge in [-0.25, -0.2) is 26.7 Å². The molecule has 0 unspecified atom stereocenters. The monoisotopic (exact) mass is 537 g/mol. The Labute approximate surface area is 219 Å². The summed E-state index contributed by atoms with van der Waals surface area (Å²) in [6.07, 6.45) is 1.46. The maximum Gasteiger partial charge on any atom is 0.329 e. The maximum atomic E-state index is 14.0. The van der Waals surface area contributed by atoms with Crippen molar-refractivity contribution in [3.8, 4) is 16.9 Å². The fourth-order valence-corrected chi connectivity index (χ4v) is 5.28. The number of aromatic nitrogens is 1. The molecule has 0 fully saturated rings. The van der Waals surface area contributed by atoms with Gasteiger partial charge in [-0.1, -0.05) is 36.4 Å². The Morgan fingerprint density at radius 3 is 2.32 bits per heavy atom. The van der Waals surface area contributed by atoms with Gasteiger partial charge >= 0.3 is 6.03 Å². The number of urea groups is 1. The Kier molecular flexibility index (Phi) is 8.02. The van der Waals surface area contributed by atoms with Crippen LogP contribution in [0.1, 0.15) is 22.9 Å². The molecule has 0 aliphatic carbocycles. The highest BCUT2D eigenvalue weighted by Crippen LogP contribution is 2.30. The summed E-state index contributed by atoms with van der Waals surface area (Å²) in [7, 11) is -2.64. The molecular formula is C28H25F2N3O4S. The molecule has 2 amide bonds. The minimum Gasteiger partial charge on any atom is -0.497 e. The van der Waals surface area contributed by atoms with Crippen LogP contribution in [-0.2, 0) is 16.4 Å². The van der Waals surface area contributed by atoms with E-state index >= 15 is 0 Å². The number of hydrogen-bond acceptors (Lipinski definition) is 5. The van der Waals surface area contributed by atoms with Gasteiger partial charge in [-0.3, -0.25) is 4.98 Å². The molecule has 0 saturated carbocycles. The summed E-state index contributed by atoms with van der Waals surface area (Å²) >= 11 is 0. The Morgan fingerprint density at radius 2 is 1.66 bits per heavy atom. The Bertz CT molecular complexity index is 1540. The molecule has 4 aromatic rings. The highest BCUT2D eigenvalue weighted by atomic mass is 32.2. The van der Waals surface area contributed by atoms with E-state index in [1.807, 2.05) is 4.72 Å². The number of carbonyl (C=O) groups excluding carboxylic acids is 1. The molecular weight excluding hydrogens is 512 g/mol. The number of aryl methyl sites for hydroxylation is 1. The van der Waals surface area contributed by atoms with Gasteiger partial charge < -0.3 is 10.1 Å². The average molecular weight is 538 g/mol. The number of amides is 2. The van der Waals surface area contributed by atoms with E-state index in [1.165, 1.54) is 12.3 Å². The van der Waals surface area contributed by atoms with Gasteiger partial charge in [0.15, 0.2) is 0 Å². The first-order chi connectivity index (χ1) is 18.2. The van der Waals surface area contributed by atoms with Crippen LogP contribution in [0, 0.1) is 18.6 Å². The number of ether oxygens (including phenoxy) is 1. The molecule has 0 radical (unpaired) electrons. The van der Waals surface area contributed by atoms with Crippen molar-refractivity contribution in [2.24, 2.45) is 0 Å². The first kappa shape index (κ1) is 26.7. The van der Waals surface area contributed by atoms with Crippen molar-refractivity contribution in [2.75, 3.05) is 7.11 Å². The van der Waals surface area contributed by atoms with E-state index in [1.54, 1.807) is 68.6 Å². The van der Waals surface area contributed by atoms with Crippen molar-refractivity contribution < 1.29 is 26.7 Å². The first-order valence-electron chi connectivity index (χ1n) is 11.6. The minimum atomic E-state index is -4.19. The number of nitrogens with one attached hydrogen (secondary N) is 2. The summed E-state index contributed by atoms with van der Waals surface area (Å²) in [6.45, 7) is 1.61. The van der Waals surface area contributed by atoms with E-state index in [-0.39, 0.29) is 16.9 Å². The number of methoxy groups -OCH3 is 1. The molecule has 0 spiro atoms. The van der Waals surface area contributed by atoms with Crippen LogP contribution in [-0.4, -0.2) is 26.5 Å². The molecule has 1 aromatic heterocycles. The highest BCUT2D eigenvalue weighted by Gasteiger charge is 2.25. The van der Waals surface area contributed by atoms with Crippen LogP contribution < -0.4 is 14.8 Å². The quantitative estimate of drug-likeness (QED) is 0.317. The zero-order valence-corrected chi connectivity index (χ0v) is 21.4. The van der Waals surface area contributed by atoms with Crippen LogP contribution >= 0.6 is 0 Å². The number of rotatable bonds is 8. The topological polar surface area (TPSA) is 97.4 Å². The third-order valence-electron chi connectivity index (χ3n) is 5.85. The van der Waals surface area contributed by atoms with Gasteiger partial charge in [0.2, 0.25) is 0 Å². The van der Waals surface area contributed by atoms with Crippen molar-refractivity contribution in [2.45, 2.75) is 24.3 Å². The van der Waals surface area contributed by atoms with Gasteiger partial charge in [-0.2, -0.15) is 0 Å². The molecule has 0 aliphatic heterocycles. The molecule has 1 atom stereocenters. The zero-order chi connectivity index (χ0) is 27.3. The van der Waals surface area contributed by atoms with Crippen LogP contribution in [0.3, 0.4) is 0 Å². The van der Waals surface area contributed by atoms with Crippen LogP contribution in [0.4, 0.5) is 13.6 Å². The van der Waals surface area contributed by atoms with Crippen LogP contribution in [0.5, 0.6) is 5.75 Å². The summed E-state index contributed by atoms with van der Waals surface area (Å²) < 4.78 is 60.9. The summed E-state index contributed by atoms with van der Waals surface area (Å²) in [6, 6.07) is 18.0. The van der Waals surface area contributed by atoms with E-state index in [0.29, 0.717) is 22.6 Å². The largest absolute Gasteiger partial charge is 0.497 e. The molecule has 38 heavy (non-hydrogen) atoms. The smallest absolute Gasteiger partial charge is 0.329 e. The van der Waals surface area contributed by atoms with Crippen molar-refractivity contribution in [3.05, 3.63) is 114 Å². The Hall–Kier alpha value is -4.31. The fourth-order valence-electron chi connectivity index (χ4n) is 4.11. The Morgan fingerprint density at radius 1 is 0.974 bits per heavy atom. The van der Waals surface area contributed by atoms with E-state index < -0.39 is 33.7 Å². The van der Waals surface area contributed by atoms with Crippen LogP contribution in [0.2, 0.25) is 0 Å². The van der Waals surface area contributed by atoms with Crippen LogP contribution in [0.25, 0.3) is 11.1 Å². The van der Waals surface area contributed by atoms with Crippen LogP contribution in [0.15, 0.2) is 90.0 Å². The number of halogens is 2. The lowest BCUT2D eigenvalue weighted by atomic mass is 9.95. The third-order valence-corrected chi connectivity index (χ3v) is 7.34. The third kappa shape index (κ3) is 6.33. The zero-order valence-electron chi connectivity index (χ0n) is 20.6. The molecule has 4 rings (SSSR count). The fraction of sp³-hybridized carbons (Fsp3) is 0.143. The standard InChI is InChI=1S/C28H25F2N3O4S/c1-18-6-3-4-8-26(18)38(35,36)33-28(34)32-25(16-19-14-21(29)17-22(30)15-19)27-24(7-5-13-31-27)20-9-11-23(37-2)12-10-20/h3-15,17,25H,16H2,1-2H3,(H2,32,33,34)/t25-/m0/s1. The summed E-state index contributed by atoms with van der Waals surface area (Å²) in [4.78, 5) is 17.4. The molecule has 1 heterocycles. The first-order valence-corrected chi connectivity index (χ1v) is 13.1. The molecule has 0 aliphatic rings. The predicted octanol–water partition coefficient (Wildman–Crippen LogP) is 5.32. The molecule has 7 nitrogen and oxygen atoms in total. The SMILES string of the molecule is COc1ccc(-c2cccnc2[C@H](Cc2cc(F)cc(F)c2)NC(=O)NS(=O)(=O)c2ccccc2C)cc1. The van der Waals surface area contributed by atoms with Crippen molar-refractivity contribution in [3.63, 3.8) is 0 Å². The second-order valence-corrected chi connectivity index (χ2v) is 10.2. The average Bonchev–Trinajstić information content (AvgIpc) is 2.87. The molecule has 196 valence electrons. The van der Waals surface area contributed by atoms with E-state index in [2.05, 4.69) is 10.3 Å². The lowest BCUT2D eigenvalue weighted by Gasteiger charge is -2.22. The lowest BCUT2D eigenvalue weighted by Crippen LogP contribution is -2.42. The van der Waals surface area contributed by atoms with Crippen molar-refractivity contribution in [1.29, 1.82) is 0 Å². The van der Waals surface area contributed by atoms with Crippen molar-refractivity contribution in [1.82, 2.24) is 15.0 Å². The second kappa shape index (κ2) is 11.4. The lowest BCUT2D eigenvalue weighted by molar-refractivity contribution is 0.242. The van der Waals surface area contributed by atoms with E-state index in [9.17, 15) is 22.0 Å². The van der Waals surface area contributed by atoms with Crippen molar-refractivity contribution >= 4 is 16.1 Å². The predicted molar refractivity (Wildman–Crippen MR) is 139 cm³/mol. The molecule has 0 saturated heterocycles. The summed E-state index contributed by atoms with van der Waals surface area (Å²) in [5.74, 6) is -0.909. The summed E-state index contributed by atoms with van der Waals surface area (Å²) in [5.41, 5.74) is 2.48. The van der Waals surface area contributed by atoms with Gasteiger partial charge in [-0.15, -0.1) is 0 Å². The van der Waals surface area contributed by atoms with E-state index in [4.69, 9.17) is 4.74 Å². The molecule has 10 heteroatoms. The molecule has 2 N–H and O–H groups in total. The van der Waals surface area contributed by atoms with E-state index in [0.717, 1.165) is 23.8 Å². The van der Waals surface area contributed by atoms with Gasteiger partial charge in [0.05, 0.1) is 23.7 Å². The van der Waals surface area contributed by atoms with Gasteiger partial charge in [-0.05, 0) is 66.4 Å². The van der Waals surface area contributed by atoms with Gasteiger partial charge in [0.1, 0.15) is 17.4 Å². The number of pyridine rings is 1. The van der Waals surface area contributed by atoms with Gasteiger partial charge in [0, 0.05) is 17.8 Å². The second-order valence-electron chi connectivity index (χ2n) is 8.54. The molecule has 3 aromatic carbocycles. The van der Waals surface area contributed by atoms with Gasteiger partial charge in [0.25, 0.3) is 10.0 Å². The normalized spacial score (nSPS) is 12.0. The number of benzene rings is 3. The highest BCUT2D eigenvalue weighted by molar-refractivity contribution is 7.90. The maximum absolute atomic E-state index is 14.0. The molecule has 0 bridgehead atoms.